The summed E-state index contributed by atoms with van der Waals surface area (Å²) < 4.78 is 11.3. The Labute approximate surface area is 173 Å². The van der Waals surface area contributed by atoms with Crippen LogP contribution in [-0.2, 0) is 16.1 Å². The summed E-state index contributed by atoms with van der Waals surface area (Å²) in [5.41, 5.74) is 8.11. The predicted octanol–water partition coefficient (Wildman–Crippen LogP) is 4.52. The Morgan fingerprint density at radius 1 is 1.10 bits per heavy atom. The number of methoxy groups -OCH3 is 1. The quantitative estimate of drug-likeness (QED) is 0.654. The number of amides is 1. The third-order valence-corrected chi connectivity index (χ3v) is 5.58. The minimum Gasteiger partial charge on any atom is -0.489 e. The molecule has 2 aromatic rings. The number of hydrogen-bond acceptors (Lipinski definition) is 4. The van der Waals surface area contributed by atoms with E-state index < -0.39 is 6.10 Å². The second-order valence-corrected chi connectivity index (χ2v) is 7.85. The minimum absolute atomic E-state index is 0.212. The van der Waals surface area contributed by atoms with E-state index in [-0.39, 0.29) is 11.9 Å². The smallest absolute Gasteiger partial charge is 0.255 e. The maximum Gasteiger partial charge on any atom is 0.255 e. The van der Waals surface area contributed by atoms with Gasteiger partial charge < -0.3 is 20.5 Å². The van der Waals surface area contributed by atoms with Crippen molar-refractivity contribution in [3.63, 3.8) is 0 Å². The summed E-state index contributed by atoms with van der Waals surface area (Å²) in [6, 6.07) is 17.1. The molecule has 1 fully saturated rings. The zero-order valence-electron chi connectivity index (χ0n) is 17.2. The van der Waals surface area contributed by atoms with Gasteiger partial charge in [0.15, 0.2) is 6.10 Å². The molecule has 3 N–H and O–H groups in total. The number of nitrogens with two attached hydrogens (primary N) is 1. The summed E-state index contributed by atoms with van der Waals surface area (Å²) in [6.45, 7) is 0.477. The number of hydrogen-bond donors (Lipinski definition) is 2. The largest absolute Gasteiger partial charge is 0.489 e. The van der Waals surface area contributed by atoms with E-state index in [2.05, 4.69) is 5.32 Å². The molecule has 2 unspecified atom stereocenters. The number of ether oxygens (including phenoxy) is 2. The number of rotatable bonds is 9. The van der Waals surface area contributed by atoms with Crippen LogP contribution in [0.15, 0.2) is 54.6 Å². The highest BCUT2D eigenvalue weighted by atomic mass is 16.5. The lowest BCUT2D eigenvalue weighted by molar-refractivity contribution is -0.127. The van der Waals surface area contributed by atoms with Crippen LogP contribution in [0.3, 0.4) is 0 Å². The molecule has 0 heterocycles. The highest BCUT2D eigenvalue weighted by Crippen LogP contribution is 2.28. The molecule has 0 radical (unpaired) electrons. The van der Waals surface area contributed by atoms with Crippen LogP contribution in [0.1, 0.15) is 44.1 Å². The van der Waals surface area contributed by atoms with Crippen LogP contribution < -0.4 is 15.8 Å². The maximum atomic E-state index is 12.8. The van der Waals surface area contributed by atoms with Gasteiger partial charge >= 0.3 is 0 Å². The zero-order chi connectivity index (χ0) is 20.5. The average molecular weight is 397 g/mol. The summed E-state index contributed by atoms with van der Waals surface area (Å²) in [6.07, 6.45) is 6.40. The molecular formula is C24H32N2O3. The Morgan fingerprint density at radius 3 is 2.59 bits per heavy atom. The van der Waals surface area contributed by atoms with Gasteiger partial charge in [-0.3, -0.25) is 4.79 Å². The number of carbonyl (C=O) groups is 1. The van der Waals surface area contributed by atoms with E-state index in [0.717, 1.165) is 12.0 Å². The Hall–Kier alpha value is -2.37. The van der Waals surface area contributed by atoms with Crippen LogP contribution >= 0.6 is 0 Å². The van der Waals surface area contributed by atoms with E-state index in [1.165, 1.54) is 32.1 Å². The highest BCUT2D eigenvalue weighted by Gasteiger charge is 2.28. The van der Waals surface area contributed by atoms with Crippen molar-refractivity contribution in [2.24, 2.45) is 11.7 Å². The SMILES string of the molecule is COC(C(=O)Nc1cccc(OCc2ccccc2)c1)C(N)CC1CCCCC1. The van der Waals surface area contributed by atoms with Crippen molar-refractivity contribution in [1.29, 1.82) is 0 Å². The summed E-state index contributed by atoms with van der Waals surface area (Å²) >= 11 is 0. The predicted molar refractivity (Wildman–Crippen MR) is 116 cm³/mol. The second kappa shape index (κ2) is 11.0. The molecule has 5 heteroatoms. The summed E-state index contributed by atoms with van der Waals surface area (Å²) in [4.78, 5) is 12.8. The van der Waals surface area contributed by atoms with E-state index in [1.807, 2.05) is 54.6 Å². The molecule has 1 aliphatic carbocycles. The van der Waals surface area contributed by atoms with E-state index >= 15 is 0 Å². The first kappa shape index (κ1) is 21.3. The first-order chi connectivity index (χ1) is 14.2. The first-order valence-electron chi connectivity index (χ1n) is 10.5. The van der Waals surface area contributed by atoms with Gasteiger partial charge in [0.25, 0.3) is 5.91 Å². The van der Waals surface area contributed by atoms with Gasteiger partial charge in [-0.05, 0) is 30.0 Å². The summed E-state index contributed by atoms with van der Waals surface area (Å²) in [7, 11) is 1.55. The number of carbonyl (C=O) groups excluding carboxylic acids is 1. The van der Waals surface area contributed by atoms with Gasteiger partial charge in [-0.1, -0.05) is 68.5 Å². The van der Waals surface area contributed by atoms with Gasteiger partial charge in [-0.25, -0.2) is 0 Å². The number of benzene rings is 2. The maximum absolute atomic E-state index is 12.8. The Morgan fingerprint density at radius 2 is 1.86 bits per heavy atom. The van der Waals surface area contributed by atoms with Crippen molar-refractivity contribution in [2.75, 3.05) is 12.4 Å². The lowest BCUT2D eigenvalue weighted by Gasteiger charge is -2.28. The minimum atomic E-state index is -0.661. The topological polar surface area (TPSA) is 73.6 Å². The van der Waals surface area contributed by atoms with Gasteiger partial charge in [0.05, 0.1) is 0 Å². The normalized spacial score (nSPS) is 16.8. The molecular weight excluding hydrogens is 364 g/mol. The van der Waals surface area contributed by atoms with Crippen LogP contribution in [0, 0.1) is 5.92 Å². The molecule has 1 saturated carbocycles. The molecule has 1 aliphatic rings. The van der Waals surface area contributed by atoms with Crippen LogP contribution in [0.2, 0.25) is 0 Å². The van der Waals surface area contributed by atoms with Crippen molar-refractivity contribution in [1.82, 2.24) is 0 Å². The monoisotopic (exact) mass is 396 g/mol. The Bertz CT molecular complexity index is 760. The van der Waals surface area contributed by atoms with Gasteiger partial charge in [0.2, 0.25) is 0 Å². The van der Waals surface area contributed by atoms with E-state index in [4.69, 9.17) is 15.2 Å². The van der Waals surface area contributed by atoms with E-state index in [1.54, 1.807) is 7.11 Å². The van der Waals surface area contributed by atoms with Crippen LogP contribution in [-0.4, -0.2) is 25.2 Å². The third-order valence-electron chi connectivity index (χ3n) is 5.58. The van der Waals surface area contributed by atoms with Crippen molar-refractivity contribution in [3.05, 3.63) is 60.2 Å². The Kier molecular flexibility index (Phi) is 8.08. The van der Waals surface area contributed by atoms with Crippen molar-refractivity contribution in [2.45, 2.75) is 57.3 Å². The van der Waals surface area contributed by atoms with Crippen molar-refractivity contribution in [3.8, 4) is 5.75 Å². The van der Waals surface area contributed by atoms with Gasteiger partial charge in [0.1, 0.15) is 12.4 Å². The highest BCUT2D eigenvalue weighted by molar-refractivity contribution is 5.94. The lowest BCUT2D eigenvalue weighted by atomic mass is 9.84. The third kappa shape index (κ3) is 6.58. The molecule has 0 saturated heterocycles. The van der Waals surface area contributed by atoms with Crippen molar-refractivity contribution >= 4 is 11.6 Å². The second-order valence-electron chi connectivity index (χ2n) is 7.85. The summed E-state index contributed by atoms with van der Waals surface area (Å²) in [5, 5.41) is 2.93. The van der Waals surface area contributed by atoms with E-state index in [0.29, 0.717) is 24.0 Å². The van der Waals surface area contributed by atoms with Gasteiger partial charge in [-0.15, -0.1) is 0 Å². The fraction of sp³-hybridized carbons (Fsp3) is 0.458. The zero-order valence-corrected chi connectivity index (χ0v) is 17.2. The van der Waals surface area contributed by atoms with E-state index in [9.17, 15) is 4.79 Å². The molecule has 3 rings (SSSR count). The molecule has 0 bridgehead atoms. The number of nitrogens with one attached hydrogen (secondary N) is 1. The fourth-order valence-electron chi connectivity index (χ4n) is 4.03. The molecule has 2 aromatic carbocycles. The molecule has 1 amide bonds. The standard InChI is InChI=1S/C24H32N2O3/c1-28-23(22(25)15-18-9-4-2-5-10-18)24(27)26-20-13-8-14-21(16-20)29-17-19-11-6-3-7-12-19/h3,6-8,11-14,16,18,22-23H,2,4-5,9-10,15,17,25H2,1H3,(H,26,27). The van der Waals surface area contributed by atoms with Gasteiger partial charge in [-0.2, -0.15) is 0 Å². The van der Waals surface area contributed by atoms with Gasteiger partial charge in [0, 0.05) is 24.9 Å². The number of anilines is 1. The molecule has 0 aromatic heterocycles. The molecule has 156 valence electrons. The molecule has 5 nitrogen and oxygen atoms in total. The van der Waals surface area contributed by atoms with Crippen LogP contribution in [0.25, 0.3) is 0 Å². The van der Waals surface area contributed by atoms with Crippen LogP contribution in [0.5, 0.6) is 5.75 Å². The molecule has 0 aliphatic heterocycles. The molecule has 0 spiro atoms. The molecule has 2 atom stereocenters. The van der Waals surface area contributed by atoms with Crippen molar-refractivity contribution < 1.29 is 14.3 Å². The average Bonchev–Trinajstić information content (AvgIpc) is 2.74. The first-order valence-corrected chi connectivity index (χ1v) is 10.5. The van der Waals surface area contributed by atoms with Crippen LogP contribution in [0.4, 0.5) is 5.69 Å². The lowest BCUT2D eigenvalue weighted by Crippen LogP contribution is -2.45. The fourth-order valence-corrected chi connectivity index (χ4v) is 4.03. The Balaban J connectivity index is 1.55. The summed E-state index contributed by atoms with van der Waals surface area (Å²) in [5.74, 6) is 1.09. The molecule has 29 heavy (non-hydrogen) atoms.